The summed E-state index contributed by atoms with van der Waals surface area (Å²) in [7, 11) is 0. The zero-order valence-electron chi connectivity index (χ0n) is 21.2. The Labute approximate surface area is 218 Å². The van der Waals surface area contributed by atoms with Gasteiger partial charge in [0.15, 0.2) is 0 Å². The van der Waals surface area contributed by atoms with Crippen LogP contribution in [0.5, 0.6) is 11.5 Å². The van der Waals surface area contributed by atoms with Crippen molar-refractivity contribution < 1.29 is 23.8 Å². The third-order valence-corrected chi connectivity index (χ3v) is 7.27. The van der Waals surface area contributed by atoms with Crippen LogP contribution in [0.2, 0.25) is 0 Å². The zero-order chi connectivity index (χ0) is 25.5. The van der Waals surface area contributed by atoms with Gasteiger partial charge in [-0.1, -0.05) is 43.5 Å². The quantitative estimate of drug-likeness (QED) is 0.205. The summed E-state index contributed by atoms with van der Waals surface area (Å²) < 4.78 is 17.5. The summed E-state index contributed by atoms with van der Waals surface area (Å²) in [5, 5.41) is 0. The van der Waals surface area contributed by atoms with E-state index in [2.05, 4.69) is 0 Å². The Morgan fingerprint density at radius 2 is 1.49 bits per heavy atom. The molecule has 37 heavy (non-hydrogen) atoms. The highest BCUT2D eigenvalue weighted by atomic mass is 16.5. The third-order valence-electron chi connectivity index (χ3n) is 7.27. The normalized spacial score (nSPS) is 15.7. The predicted molar refractivity (Wildman–Crippen MR) is 142 cm³/mol. The highest BCUT2D eigenvalue weighted by Crippen LogP contribution is 2.44. The first-order valence-corrected chi connectivity index (χ1v) is 13.4. The van der Waals surface area contributed by atoms with Crippen LogP contribution in [0.3, 0.4) is 0 Å². The molecule has 5 heteroatoms. The molecule has 3 aromatic carbocycles. The average molecular weight is 499 g/mol. The Morgan fingerprint density at radius 3 is 2.19 bits per heavy atom. The Balaban J connectivity index is 1.08. The van der Waals surface area contributed by atoms with Crippen molar-refractivity contribution in [2.45, 2.75) is 64.1 Å². The molecule has 2 aliphatic rings. The van der Waals surface area contributed by atoms with Crippen LogP contribution in [0.4, 0.5) is 0 Å². The Hall–Kier alpha value is -3.60. The van der Waals surface area contributed by atoms with E-state index in [0.717, 1.165) is 53.9 Å². The number of benzene rings is 3. The third kappa shape index (κ3) is 7.00. The molecule has 5 nitrogen and oxygen atoms in total. The zero-order valence-corrected chi connectivity index (χ0v) is 21.2. The molecule has 0 N–H and O–H groups in total. The van der Waals surface area contributed by atoms with E-state index < -0.39 is 0 Å². The number of hydrogen-bond donors (Lipinski definition) is 0. The summed E-state index contributed by atoms with van der Waals surface area (Å²) in [6.07, 6.45) is 9.64. The van der Waals surface area contributed by atoms with Gasteiger partial charge in [0, 0.05) is 5.56 Å². The van der Waals surface area contributed by atoms with Gasteiger partial charge >= 0.3 is 5.97 Å². The molecular formula is C32H34O5. The van der Waals surface area contributed by atoms with Crippen LogP contribution in [0.1, 0.15) is 88.3 Å². The molecule has 0 saturated heterocycles. The van der Waals surface area contributed by atoms with Gasteiger partial charge in [0.2, 0.25) is 0 Å². The summed E-state index contributed by atoms with van der Waals surface area (Å²) in [5.74, 6) is 2.48. The second-order valence-corrected chi connectivity index (χ2v) is 10.2. The Morgan fingerprint density at radius 1 is 0.784 bits per heavy atom. The van der Waals surface area contributed by atoms with Crippen molar-refractivity contribution in [3.05, 3.63) is 94.5 Å². The topological polar surface area (TPSA) is 61.8 Å². The molecule has 3 aromatic rings. The van der Waals surface area contributed by atoms with Crippen molar-refractivity contribution in [2.75, 3.05) is 6.61 Å². The van der Waals surface area contributed by atoms with Gasteiger partial charge in [0.25, 0.3) is 0 Å². The van der Waals surface area contributed by atoms with E-state index in [4.69, 9.17) is 14.2 Å². The van der Waals surface area contributed by atoms with E-state index >= 15 is 0 Å². The smallest absolute Gasteiger partial charge is 0.338 e. The van der Waals surface area contributed by atoms with E-state index in [0.29, 0.717) is 29.6 Å². The van der Waals surface area contributed by atoms with Gasteiger partial charge in [-0.05, 0) is 96.7 Å². The van der Waals surface area contributed by atoms with Crippen LogP contribution in [0, 0.1) is 5.92 Å². The molecule has 0 unspecified atom stereocenters. The molecule has 0 amide bonds. The van der Waals surface area contributed by atoms with Crippen molar-refractivity contribution in [1.82, 2.24) is 0 Å². The molecule has 2 fully saturated rings. The summed E-state index contributed by atoms with van der Waals surface area (Å²) in [6, 6.07) is 20.7. The van der Waals surface area contributed by atoms with Gasteiger partial charge in [-0.15, -0.1) is 0 Å². The fourth-order valence-corrected chi connectivity index (χ4v) is 4.87. The molecule has 0 aromatic heterocycles. The second-order valence-electron chi connectivity index (χ2n) is 10.2. The second kappa shape index (κ2) is 12.1. The largest absolute Gasteiger partial charge is 0.493 e. The monoisotopic (exact) mass is 498 g/mol. The number of rotatable bonds is 11. The minimum atomic E-state index is -0.356. The minimum Gasteiger partial charge on any atom is -0.493 e. The maximum atomic E-state index is 12.5. The van der Waals surface area contributed by atoms with E-state index in [9.17, 15) is 9.59 Å². The van der Waals surface area contributed by atoms with Crippen LogP contribution < -0.4 is 9.47 Å². The first kappa shape index (κ1) is 25.1. The van der Waals surface area contributed by atoms with Crippen LogP contribution in [0.15, 0.2) is 66.7 Å². The summed E-state index contributed by atoms with van der Waals surface area (Å²) >= 11 is 0. The van der Waals surface area contributed by atoms with Gasteiger partial charge in [-0.25, -0.2) is 4.79 Å². The van der Waals surface area contributed by atoms with Crippen LogP contribution in [0.25, 0.3) is 0 Å². The highest BCUT2D eigenvalue weighted by molar-refractivity contribution is 5.89. The van der Waals surface area contributed by atoms with E-state index in [-0.39, 0.29) is 12.6 Å². The molecule has 0 aliphatic heterocycles. The van der Waals surface area contributed by atoms with Crippen molar-refractivity contribution in [3.63, 3.8) is 0 Å². The molecule has 192 valence electrons. The summed E-state index contributed by atoms with van der Waals surface area (Å²) in [6.45, 7) is 1.39. The summed E-state index contributed by atoms with van der Waals surface area (Å²) in [5.41, 5.74) is 4.17. The van der Waals surface area contributed by atoms with Gasteiger partial charge in [0.05, 0.1) is 12.2 Å². The molecular weight excluding hydrogens is 464 g/mol. The first-order chi connectivity index (χ1) is 18.2. The van der Waals surface area contributed by atoms with Crippen LogP contribution in [-0.4, -0.2) is 18.9 Å². The summed E-state index contributed by atoms with van der Waals surface area (Å²) in [4.78, 5) is 23.6. The number of esters is 1. The molecule has 5 rings (SSSR count). The van der Waals surface area contributed by atoms with Crippen LogP contribution >= 0.6 is 0 Å². The number of ether oxygens (including phenoxy) is 3. The van der Waals surface area contributed by atoms with Crippen molar-refractivity contribution >= 4 is 12.3 Å². The lowest BCUT2D eigenvalue weighted by Crippen LogP contribution is -2.15. The number of carbonyl (C=O) groups is 2. The number of hydrogen-bond acceptors (Lipinski definition) is 5. The Kier molecular flexibility index (Phi) is 8.19. The maximum absolute atomic E-state index is 12.5. The molecule has 0 atom stereocenters. The van der Waals surface area contributed by atoms with Gasteiger partial charge in [-0.2, -0.15) is 0 Å². The highest BCUT2D eigenvalue weighted by Gasteiger charge is 2.27. The molecule has 0 bridgehead atoms. The van der Waals surface area contributed by atoms with Crippen molar-refractivity contribution in [1.29, 1.82) is 0 Å². The van der Waals surface area contributed by atoms with E-state index in [1.807, 2.05) is 48.5 Å². The lowest BCUT2D eigenvalue weighted by Gasteiger charge is -2.21. The molecule has 0 radical (unpaired) electrons. The molecule has 2 saturated carbocycles. The van der Waals surface area contributed by atoms with Gasteiger partial charge in [0.1, 0.15) is 31.0 Å². The average Bonchev–Trinajstić information content (AvgIpc) is 3.81. The lowest BCUT2D eigenvalue weighted by molar-refractivity contribution is 0.0472. The fraction of sp³-hybridized carbons (Fsp3) is 0.375. The van der Waals surface area contributed by atoms with Gasteiger partial charge in [-0.3, -0.25) is 4.79 Å². The van der Waals surface area contributed by atoms with Crippen LogP contribution in [-0.2, 0) is 18.0 Å². The van der Waals surface area contributed by atoms with Gasteiger partial charge < -0.3 is 14.2 Å². The number of carbonyl (C=O) groups excluding carboxylic acids is 2. The first-order valence-electron chi connectivity index (χ1n) is 13.4. The minimum absolute atomic E-state index is 0.216. The molecule has 2 aliphatic carbocycles. The van der Waals surface area contributed by atoms with E-state index in [1.54, 1.807) is 18.2 Å². The predicted octanol–water partition coefficient (Wildman–Crippen LogP) is 7.27. The standard InChI is InChI=1S/C32H34O5/c33-19-26-10-17-31(30(18-26)27-13-14-27)36-21-24-6-11-28(12-7-24)32(34)37-22-25-8-15-29(16-9-25)35-20-23-4-2-1-3-5-23/h6-12,15-19,23,27H,1-5,13-14,20-22H2. The Bertz CT molecular complexity index is 1190. The molecule has 0 heterocycles. The van der Waals surface area contributed by atoms with Crippen molar-refractivity contribution in [2.24, 2.45) is 5.92 Å². The van der Waals surface area contributed by atoms with E-state index in [1.165, 1.54) is 32.1 Å². The molecule has 0 spiro atoms. The fourth-order valence-electron chi connectivity index (χ4n) is 4.87. The SMILES string of the molecule is O=Cc1ccc(OCc2ccc(C(=O)OCc3ccc(OCC4CCCCC4)cc3)cc2)c(C2CC2)c1. The van der Waals surface area contributed by atoms with Crippen molar-refractivity contribution in [3.8, 4) is 11.5 Å². The lowest BCUT2D eigenvalue weighted by atomic mass is 9.90. The number of aldehydes is 1. The maximum Gasteiger partial charge on any atom is 0.338 e.